The van der Waals surface area contributed by atoms with Crippen LogP contribution in [0.3, 0.4) is 0 Å². The Labute approximate surface area is 174 Å². The molecule has 0 radical (unpaired) electrons. The van der Waals surface area contributed by atoms with Crippen LogP contribution in [-0.4, -0.2) is 14.6 Å². The molecule has 29 heavy (non-hydrogen) atoms. The Morgan fingerprint density at radius 2 is 1.66 bits per heavy atom. The number of fused-ring (bicyclic) bond motifs is 1. The zero-order chi connectivity index (χ0) is 20.8. The van der Waals surface area contributed by atoms with Crippen LogP contribution >= 0.6 is 11.3 Å². The molecule has 4 aromatic rings. The zero-order valence-electron chi connectivity index (χ0n) is 17.4. The first-order valence-electron chi connectivity index (χ1n) is 9.84. The van der Waals surface area contributed by atoms with Gasteiger partial charge < -0.3 is 0 Å². The van der Waals surface area contributed by atoms with Gasteiger partial charge in [0.15, 0.2) is 5.82 Å². The highest BCUT2D eigenvalue weighted by Gasteiger charge is 2.15. The Balaban J connectivity index is 1.68. The Hall–Kier alpha value is -2.79. The number of rotatable bonds is 3. The summed E-state index contributed by atoms with van der Waals surface area (Å²) in [6, 6.07) is 16.6. The van der Waals surface area contributed by atoms with Crippen molar-refractivity contribution in [3.05, 3.63) is 80.1 Å². The van der Waals surface area contributed by atoms with E-state index in [-0.39, 0.29) is 11.0 Å². The SMILES string of the molecule is CC(C)c1ccc(C=c2sc3nc(-c4ccc(C(C)(C)C)cc4)nn3c2=O)cc1. The van der Waals surface area contributed by atoms with E-state index < -0.39 is 0 Å². The molecule has 0 aliphatic heterocycles. The topological polar surface area (TPSA) is 47.3 Å². The molecule has 0 spiro atoms. The van der Waals surface area contributed by atoms with Crippen molar-refractivity contribution in [2.45, 2.75) is 46.0 Å². The van der Waals surface area contributed by atoms with Gasteiger partial charge in [0.05, 0.1) is 4.53 Å². The van der Waals surface area contributed by atoms with Crippen LogP contribution in [0.4, 0.5) is 0 Å². The quantitative estimate of drug-likeness (QED) is 0.494. The molecule has 0 saturated heterocycles. The lowest BCUT2D eigenvalue weighted by atomic mass is 9.87. The maximum absolute atomic E-state index is 12.8. The fourth-order valence-electron chi connectivity index (χ4n) is 3.20. The van der Waals surface area contributed by atoms with Crippen LogP contribution in [0, 0.1) is 0 Å². The van der Waals surface area contributed by atoms with Crippen LogP contribution in [0.1, 0.15) is 57.2 Å². The number of nitrogens with zero attached hydrogens (tertiary/aromatic N) is 3. The van der Waals surface area contributed by atoms with E-state index in [0.29, 0.717) is 21.2 Å². The van der Waals surface area contributed by atoms with Gasteiger partial charge in [0.25, 0.3) is 5.56 Å². The summed E-state index contributed by atoms with van der Waals surface area (Å²) in [6.07, 6.45) is 1.91. The van der Waals surface area contributed by atoms with Gasteiger partial charge in [0, 0.05) is 5.56 Å². The van der Waals surface area contributed by atoms with Gasteiger partial charge in [0.2, 0.25) is 4.96 Å². The van der Waals surface area contributed by atoms with Crippen molar-refractivity contribution in [2.24, 2.45) is 0 Å². The van der Waals surface area contributed by atoms with E-state index >= 15 is 0 Å². The fourth-order valence-corrected chi connectivity index (χ4v) is 4.11. The smallest absolute Gasteiger partial charge is 0.266 e. The summed E-state index contributed by atoms with van der Waals surface area (Å²) in [4.78, 5) is 18.0. The fraction of sp³-hybridized carbons (Fsp3) is 0.292. The lowest BCUT2D eigenvalue weighted by molar-refractivity contribution is 0.590. The molecule has 0 fully saturated rings. The highest BCUT2D eigenvalue weighted by molar-refractivity contribution is 7.15. The standard InChI is InChI=1S/C24H25N3OS/c1-15(2)17-8-6-16(7-9-17)14-20-22(28)27-23(29-20)25-21(26-27)18-10-12-19(13-11-18)24(3,4)5/h6-15H,1-5H3. The van der Waals surface area contributed by atoms with Gasteiger partial charge in [-0.1, -0.05) is 94.5 Å². The molecule has 0 N–H and O–H groups in total. The van der Waals surface area contributed by atoms with Crippen LogP contribution < -0.4 is 10.1 Å². The summed E-state index contributed by atoms with van der Waals surface area (Å²) in [5, 5.41) is 4.46. The van der Waals surface area contributed by atoms with E-state index in [0.717, 1.165) is 11.1 Å². The first kappa shape index (κ1) is 19.5. The Kier molecular flexibility index (Phi) is 4.87. The van der Waals surface area contributed by atoms with Gasteiger partial charge in [-0.05, 0) is 34.1 Å². The van der Waals surface area contributed by atoms with Crippen molar-refractivity contribution >= 4 is 22.4 Å². The highest BCUT2D eigenvalue weighted by atomic mass is 32.1. The second-order valence-electron chi connectivity index (χ2n) is 8.69. The summed E-state index contributed by atoms with van der Waals surface area (Å²) < 4.78 is 2.05. The van der Waals surface area contributed by atoms with Crippen molar-refractivity contribution < 1.29 is 0 Å². The molecule has 0 unspecified atom stereocenters. The van der Waals surface area contributed by atoms with E-state index in [1.54, 1.807) is 0 Å². The second-order valence-corrected chi connectivity index (χ2v) is 9.70. The molecular formula is C24H25N3OS. The summed E-state index contributed by atoms with van der Waals surface area (Å²) in [5.41, 5.74) is 4.45. The summed E-state index contributed by atoms with van der Waals surface area (Å²) in [7, 11) is 0. The van der Waals surface area contributed by atoms with Crippen molar-refractivity contribution in [1.29, 1.82) is 0 Å². The first-order chi connectivity index (χ1) is 13.7. The molecule has 4 rings (SSSR count). The first-order valence-corrected chi connectivity index (χ1v) is 10.7. The molecule has 0 atom stereocenters. The predicted octanol–water partition coefficient (Wildman–Crippen LogP) is 4.79. The Morgan fingerprint density at radius 1 is 1.00 bits per heavy atom. The van der Waals surface area contributed by atoms with E-state index in [4.69, 9.17) is 0 Å². The average Bonchev–Trinajstić information content (AvgIpc) is 3.21. The third-order valence-corrected chi connectivity index (χ3v) is 6.05. The van der Waals surface area contributed by atoms with Gasteiger partial charge in [0.1, 0.15) is 0 Å². The maximum atomic E-state index is 12.8. The second kappa shape index (κ2) is 7.23. The normalized spacial score (nSPS) is 13.0. The molecule has 0 aliphatic rings. The largest absolute Gasteiger partial charge is 0.291 e. The average molecular weight is 404 g/mol. The van der Waals surface area contributed by atoms with Crippen molar-refractivity contribution in [2.75, 3.05) is 0 Å². The molecular weight excluding hydrogens is 378 g/mol. The number of benzene rings is 2. The number of thiazole rings is 1. The number of hydrogen-bond acceptors (Lipinski definition) is 4. The van der Waals surface area contributed by atoms with Gasteiger partial charge in [-0.25, -0.2) is 0 Å². The molecule has 2 aromatic heterocycles. The van der Waals surface area contributed by atoms with Crippen LogP contribution in [-0.2, 0) is 5.41 Å². The lowest BCUT2D eigenvalue weighted by Gasteiger charge is -2.18. The van der Waals surface area contributed by atoms with Crippen LogP contribution in [0.25, 0.3) is 22.4 Å². The van der Waals surface area contributed by atoms with Gasteiger partial charge in [-0.3, -0.25) is 4.79 Å². The molecule has 0 saturated carbocycles. The molecule has 0 aliphatic carbocycles. The van der Waals surface area contributed by atoms with E-state index in [1.165, 1.54) is 27.0 Å². The predicted molar refractivity (Wildman–Crippen MR) is 121 cm³/mol. The van der Waals surface area contributed by atoms with Gasteiger partial charge in [-0.2, -0.15) is 9.50 Å². The molecule has 0 bridgehead atoms. The third kappa shape index (κ3) is 3.87. The molecule has 5 heteroatoms. The lowest BCUT2D eigenvalue weighted by Crippen LogP contribution is -2.23. The monoisotopic (exact) mass is 403 g/mol. The summed E-state index contributed by atoms with van der Waals surface area (Å²) in [5.74, 6) is 1.07. The van der Waals surface area contributed by atoms with Crippen molar-refractivity contribution in [3.8, 4) is 11.4 Å². The molecule has 148 valence electrons. The molecule has 2 heterocycles. The number of hydrogen-bond donors (Lipinski definition) is 0. The zero-order valence-corrected chi connectivity index (χ0v) is 18.2. The third-order valence-electron chi connectivity index (χ3n) is 5.09. The van der Waals surface area contributed by atoms with E-state index in [2.05, 4.69) is 69.0 Å². The summed E-state index contributed by atoms with van der Waals surface area (Å²) >= 11 is 1.37. The maximum Gasteiger partial charge on any atom is 0.291 e. The van der Waals surface area contributed by atoms with Gasteiger partial charge in [-0.15, -0.1) is 5.10 Å². The van der Waals surface area contributed by atoms with Crippen LogP contribution in [0.5, 0.6) is 0 Å². The minimum Gasteiger partial charge on any atom is -0.266 e. The summed E-state index contributed by atoms with van der Waals surface area (Å²) in [6.45, 7) is 10.9. The molecule has 4 nitrogen and oxygen atoms in total. The van der Waals surface area contributed by atoms with Crippen LogP contribution in [0.2, 0.25) is 0 Å². The number of aromatic nitrogens is 3. The highest BCUT2D eigenvalue weighted by Crippen LogP contribution is 2.25. The van der Waals surface area contributed by atoms with E-state index in [9.17, 15) is 4.79 Å². The Morgan fingerprint density at radius 3 is 2.21 bits per heavy atom. The molecule has 2 aromatic carbocycles. The van der Waals surface area contributed by atoms with E-state index in [1.807, 2.05) is 30.3 Å². The van der Waals surface area contributed by atoms with Crippen molar-refractivity contribution in [3.63, 3.8) is 0 Å². The van der Waals surface area contributed by atoms with Crippen LogP contribution in [0.15, 0.2) is 53.3 Å². The Bertz CT molecular complexity index is 1260. The van der Waals surface area contributed by atoms with Gasteiger partial charge >= 0.3 is 0 Å². The van der Waals surface area contributed by atoms with Crippen molar-refractivity contribution in [1.82, 2.24) is 14.6 Å². The minimum atomic E-state index is -0.122. The minimum absolute atomic E-state index is 0.0980. The molecule has 0 amide bonds.